The van der Waals surface area contributed by atoms with Crippen molar-refractivity contribution in [3.8, 4) is 0 Å². The summed E-state index contributed by atoms with van der Waals surface area (Å²) in [6.07, 6.45) is 8.50. The monoisotopic (exact) mass is 299 g/mol. The summed E-state index contributed by atoms with van der Waals surface area (Å²) in [7, 11) is 1.94. The number of pyridine rings is 1. The molecule has 6 nitrogen and oxygen atoms in total. The van der Waals surface area contributed by atoms with Crippen molar-refractivity contribution >= 4 is 11.9 Å². The SMILES string of the molecule is CCCNC(=O)c1cnc(N(C)CCc2ccncc2)nc1. The molecule has 2 aromatic rings. The van der Waals surface area contributed by atoms with Crippen LogP contribution in [0.25, 0.3) is 0 Å². The molecule has 0 aromatic carbocycles. The van der Waals surface area contributed by atoms with E-state index >= 15 is 0 Å². The number of carbonyl (C=O) groups excluding carboxylic acids is 1. The lowest BCUT2D eigenvalue weighted by Crippen LogP contribution is -2.26. The van der Waals surface area contributed by atoms with Crippen molar-refractivity contribution in [1.29, 1.82) is 0 Å². The van der Waals surface area contributed by atoms with Crippen LogP contribution in [-0.2, 0) is 6.42 Å². The molecular weight excluding hydrogens is 278 g/mol. The van der Waals surface area contributed by atoms with E-state index in [9.17, 15) is 4.79 Å². The minimum atomic E-state index is -0.132. The normalized spacial score (nSPS) is 10.3. The van der Waals surface area contributed by atoms with Gasteiger partial charge in [-0.15, -0.1) is 0 Å². The van der Waals surface area contributed by atoms with Crippen molar-refractivity contribution in [3.63, 3.8) is 0 Å². The maximum Gasteiger partial charge on any atom is 0.254 e. The Hall–Kier alpha value is -2.50. The van der Waals surface area contributed by atoms with E-state index in [1.54, 1.807) is 24.8 Å². The molecule has 0 aliphatic rings. The van der Waals surface area contributed by atoms with Gasteiger partial charge in [-0.05, 0) is 30.5 Å². The first-order chi connectivity index (χ1) is 10.7. The lowest BCUT2D eigenvalue weighted by molar-refractivity contribution is 0.0953. The number of carbonyl (C=O) groups is 1. The highest BCUT2D eigenvalue weighted by atomic mass is 16.1. The van der Waals surface area contributed by atoms with Crippen LogP contribution < -0.4 is 10.2 Å². The zero-order valence-electron chi connectivity index (χ0n) is 13.0. The van der Waals surface area contributed by atoms with Crippen molar-refractivity contribution in [2.75, 3.05) is 25.0 Å². The number of nitrogens with one attached hydrogen (secondary N) is 1. The second-order valence-corrected chi connectivity index (χ2v) is 5.05. The molecule has 1 amide bonds. The van der Waals surface area contributed by atoms with Gasteiger partial charge in [0.1, 0.15) is 0 Å². The lowest BCUT2D eigenvalue weighted by Gasteiger charge is -2.16. The maximum atomic E-state index is 11.8. The van der Waals surface area contributed by atoms with E-state index in [4.69, 9.17) is 0 Å². The molecule has 0 unspecified atom stereocenters. The fourth-order valence-electron chi connectivity index (χ4n) is 1.92. The van der Waals surface area contributed by atoms with Gasteiger partial charge < -0.3 is 10.2 Å². The average Bonchev–Trinajstić information content (AvgIpc) is 2.58. The smallest absolute Gasteiger partial charge is 0.254 e. The largest absolute Gasteiger partial charge is 0.352 e. The number of rotatable bonds is 7. The molecule has 2 rings (SSSR count). The molecule has 6 heteroatoms. The maximum absolute atomic E-state index is 11.8. The molecule has 0 fully saturated rings. The van der Waals surface area contributed by atoms with E-state index in [0.29, 0.717) is 18.1 Å². The molecule has 0 aliphatic carbocycles. The average molecular weight is 299 g/mol. The molecular formula is C16H21N5O. The number of hydrogen-bond acceptors (Lipinski definition) is 5. The molecule has 0 aliphatic heterocycles. The molecule has 0 bridgehead atoms. The number of likely N-dealkylation sites (N-methyl/N-ethyl adjacent to an activating group) is 1. The summed E-state index contributed by atoms with van der Waals surface area (Å²) in [5.74, 6) is 0.480. The van der Waals surface area contributed by atoms with Gasteiger partial charge in [-0.2, -0.15) is 0 Å². The Labute approximate surface area is 130 Å². The third kappa shape index (κ3) is 4.51. The van der Waals surface area contributed by atoms with E-state index in [0.717, 1.165) is 19.4 Å². The predicted octanol–water partition coefficient (Wildman–Crippen LogP) is 1.69. The first kappa shape index (κ1) is 15.9. The molecule has 0 spiro atoms. The van der Waals surface area contributed by atoms with Crippen molar-refractivity contribution in [1.82, 2.24) is 20.3 Å². The molecule has 2 aromatic heterocycles. The molecule has 0 radical (unpaired) electrons. The quantitative estimate of drug-likeness (QED) is 0.842. The minimum absolute atomic E-state index is 0.132. The molecule has 22 heavy (non-hydrogen) atoms. The second-order valence-electron chi connectivity index (χ2n) is 5.05. The van der Waals surface area contributed by atoms with Gasteiger partial charge in [0.05, 0.1) is 5.56 Å². The van der Waals surface area contributed by atoms with E-state index < -0.39 is 0 Å². The number of amides is 1. The molecule has 2 heterocycles. The summed E-state index contributed by atoms with van der Waals surface area (Å²) in [4.78, 5) is 26.3. The summed E-state index contributed by atoms with van der Waals surface area (Å²) < 4.78 is 0. The van der Waals surface area contributed by atoms with Crippen LogP contribution in [0.4, 0.5) is 5.95 Å². The van der Waals surface area contributed by atoms with Gasteiger partial charge in [0.2, 0.25) is 5.95 Å². The third-order valence-electron chi connectivity index (χ3n) is 3.26. The molecule has 1 N–H and O–H groups in total. The van der Waals surface area contributed by atoms with Gasteiger partial charge in [0.15, 0.2) is 0 Å². The van der Waals surface area contributed by atoms with E-state index in [1.165, 1.54) is 5.56 Å². The summed E-state index contributed by atoms with van der Waals surface area (Å²) in [6.45, 7) is 3.47. The Balaban J connectivity index is 1.90. The molecule has 0 saturated heterocycles. The predicted molar refractivity (Wildman–Crippen MR) is 85.9 cm³/mol. The summed E-state index contributed by atoms with van der Waals surface area (Å²) >= 11 is 0. The van der Waals surface area contributed by atoms with E-state index in [1.807, 2.05) is 31.0 Å². The number of aromatic nitrogens is 3. The fraction of sp³-hybridized carbons (Fsp3) is 0.375. The fourth-order valence-corrected chi connectivity index (χ4v) is 1.92. The number of hydrogen-bond donors (Lipinski definition) is 1. The van der Waals surface area contributed by atoms with Crippen molar-refractivity contribution in [2.24, 2.45) is 0 Å². The van der Waals surface area contributed by atoms with Crippen LogP contribution in [0.5, 0.6) is 0 Å². The Kier molecular flexibility index (Phi) is 5.82. The van der Waals surface area contributed by atoms with E-state index in [-0.39, 0.29) is 5.91 Å². The Morgan fingerprint density at radius 1 is 1.23 bits per heavy atom. The highest BCUT2D eigenvalue weighted by Crippen LogP contribution is 2.07. The van der Waals surface area contributed by atoms with Crippen molar-refractivity contribution in [3.05, 3.63) is 48.0 Å². The minimum Gasteiger partial charge on any atom is -0.352 e. The zero-order chi connectivity index (χ0) is 15.8. The lowest BCUT2D eigenvalue weighted by atomic mass is 10.2. The Bertz CT molecular complexity index is 585. The first-order valence-corrected chi connectivity index (χ1v) is 7.41. The van der Waals surface area contributed by atoms with Crippen LogP contribution in [0.2, 0.25) is 0 Å². The van der Waals surface area contributed by atoms with Crippen LogP contribution in [0.3, 0.4) is 0 Å². The molecule has 0 atom stereocenters. The summed E-state index contributed by atoms with van der Waals surface area (Å²) in [5, 5.41) is 2.81. The van der Waals surface area contributed by atoms with Gasteiger partial charge >= 0.3 is 0 Å². The first-order valence-electron chi connectivity index (χ1n) is 7.41. The zero-order valence-corrected chi connectivity index (χ0v) is 13.0. The highest BCUT2D eigenvalue weighted by molar-refractivity contribution is 5.93. The summed E-state index contributed by atoms with van der Waals surface area (Å²) in [5.41, 5.74) is 1.71. The van der Waals surface area contributed by atoms with Crippen molar-refractivity contribution < 1.29 is 4.79 Å². The second kappa shape index (κ2) is 8.07. The highest BCUT2D eigenvalue weighted by Gasteiger charge is 2.08. The third-order valence-corrected chi connectivity index (χ3v) is 3.26. The summed E-state index contributed by atoms with van der Waals surface area (Å²) in [6, 6.07) is 3.99. The van der Waals surface area contributed by atoms with Gasteiger partial charge in [0, 0.05) is 44.9 Å². The molecule has 116 valence electrons. The Morgan fingerprint density at radius 3 is 2.55 bits per heavy atom. The van der Waals surface area contributed by atoms with Crippen LogP contribution in [0.15, 0.2) is 36.9 Å². The number of nitrogens with zero attached hydrogens (tertiary/aromatic N) is 4. The van der Waals surface area contributed by atoms with Gasteiger partial charge in [-0.3, -0.25) is 9.78 Å². The number of anilines is 1. The van der Waals surface area contributed by atoms with Gasteiger partial charge in [0.25, 0.3) is 5.91 Å². The van der Waals surface area contributed by atoms with Crippen LogP contribution in [0, 0.1) is 0 Å². The van der Waals surface area contributed by atoms with E-state index in [2.05, 4.69) is 20.3 Å². The Morgan fingerprint density at radius 2 is 1.91 bits per heavy atom. The standard InChI is InChI=1S/C16H21N5O/c1-3-7-18-15(22)14-11-19-16(20-12-14)21(2)10-6-13-4-8-17-9-5-13/h4-5,8-9,11-12H,3,6-7,10H2,1-2H3,(H,18,22). The van der Waals surface area contributed by atoms with Crippen LogP contribution in [-0.4, -0.2) is 41.0 Å². The molecule has 0 saturated carbocycles. The van der Waals surface area contributed by atoms with Crippen molar-refractivity contribution in [2.45, 2.75) is 19.8 Å². The van der Waals surface area contributed by atoms with Gasteiger partial charge in [-0.25, -0.2) is 9.97 Å². The topological polar surface area (TPSA) is 71.0 Å². The van der Waals surface area contributed by atoms with Crippen LogP contribution >= 0.6 is 0 Å². The van der Waals surface area contributed by atoms with Gasteiger partial charge in [-0.1, -0.05) is 6.92 Å². The van der Waals surface area contributed by atoms with Crippen LogP contribution in [0.1, 0.15) is 29.3 Å².